The van der Waals surface area contributed by atoms with Gasteiger partial charge in [0.05, 0.1) is 0 Å². The number of nitrogens with one attached hydrogen (secondary N) is 1. The van der Waals surface area contributed by atoms with E-state index >= 15 is 0 Å². The summed E-state index contributed by atoms with van der Waals surface area (Å²) in [5.41, 5.74) is -1.16. The van der Waals surface area contributed by atoms with Crippen LogP contribution in [0.15, 0.2) is 29.4 Å². The van der Waals surface area contributed by atoms with Crippen molar-refractivity contribution in [2.45, 2.75) is 37.5 Å². The Balaban J connectivity index is 3.35. The SMILES string of the molecule is C=C[C@@](CC=O)(N[S+]([O-])C(C)(C)C)c1cc(Br)cnc1F. The van der Waals surface area contributed by atoms with Gasteiger partial charge in [0.2, 0.25) is 5.95 Å². The first-order valence-corrected chi connectivity index (χ1v) is 8.19. The number of hydrogen-bond donors (Lipinski definition) is 1. The molecular weight excluding hydrogens is 359 g/mol. The van der Waals surface area contributed by atoms with Gasteiger partial charge in [0.15, 0.2) is 0 Å². The molecule has 0 bridgehead atoms. The van der Waals surface area contributed by atoms with E-state index in [2.05, 4.69) is 32.2 Å². The molecule has 0 aliphatic carbocycles. The molecule has 21 heavy (non-hydrogen) atoms. The summed E-state index contributed by atoms with van der Waals surface area (Å²) in [6.45, 7) is 9.00. The van der Waals surface area contributed by atoms with Crippen LogP contribution in [0, 0.1) is 5.95 Å². The summed E-state index contributed by atoms with van der Waals surface area (Å²) in [7, 11) is 0. The van der Waals surface area contributed by atoms with Crippen molar-refractivity contribution in [1.82, 2.24) is 9.71 Å². The fraction of sp³-hybridized carbons (Fsp3) is 0.429. The molecule has 0 aliphatic rings. The first-order valence-electron chi connectivity index (χ1n) is 6.25. The normalized spacial score (nSPS) is 16.1. The molecule has 7 heteroatoms. The van der Waals surface area contributed by atoms with Gasteiger partial charge in [0, 0.05) is 34.0 Å². The molecule has 4 nitrogen and oxygen atoms in total. The first-order chi connectivity index (χ1) is 9.66. The molecular formula is C14H18BrFN2O2S. The minimum atomic E-state index is -1.51. The number of aromatic nitrogens is 1. The van der Waals surface area contributed by atoms with Crippen LogP contribution in [-0.4, -0.2) is 20.6 Å². The molecule has 116 valence electrons. The second kappa shape index (κ2) is 7.00. The summed E-state index contributed by atoms with van der Waals surface area (Å²) in [6.07, 6.45) is 3.23. The van der Waals surface area contributed by atoms with Crippen molar-refractivity contribution in [1.29, 1.82) is 0 Å². The Kier molecular flexibility index (Phi) is 6.10. The van der Waals surface area contributed by atoms with E-state index in [1.807, 2.05) is 0 Å². The van der Waals surface area contributed by atoms with E-state index in [4.69, 9.17) is 0 Å². The molecule has 0 aliphatic heterocycles. The molecule has 1 unspecified atom stereocenters. The van der Waals surface area contributed by atoms with Crippen molar-refractivity contribution >= 4 is 33.6 Å². The highest BCUT2D eigenvalue weighted by molar-refractivity contribution is 9.10. The van der Waals surface area contributed by atoms with Gasteiger partial charge in [0.25, 0.3) is 0 Å². The third kappa shape index (κ3) is 4.35. The van der Waals surface area contributed by atoms with Gasteiger partial charge in [-0.05, 0) is 42.8 Å². The molecule has 1 N–H and O–H groups in total. The van der Waals surface area contributed by atoms with Crippen LogP contribution in [-0.2, 0) is 21.7 Å². The van der Waals surface area contributed by atoms with Crippen LogP contribution in [0.4, 0.5) is 4.39 Å². The topological polar surface area (TPSA) is 65.0 Å². The minimum absolute atomic E-state index is 0.104. The molecule has 0 amide bonds. The molecule has 0 fully saturated rings. The van der Waals surface area contributed by atoms with Crippen LogP contribution < -0.4 is 4.72 Å². The number of aldehydes is 1. The predicted molar refractivity (Wildman–Crippen MR) is 85.5 cm³/mol. The lowest BCUT2D eigenvalue weighted by atomic mass is 9.89. The second-order valence-corrected chi connectivity index (χ2v) is 8.40. The van der Waals surface area contributed by atoms with Gasteiger partial charge in [-0.3, -0.25) is 0 Å². The predicted octanol–water partition coefficient (Wildman–Crippen LogP) is 3.01. The van der Waals surface area contributed by atoms with Crippen molar-refractivity contribution in [2.24, 2.45) is 0 Å². The summed E-state index contributed by atoms with van der Waals surface area (Å²) in [5, 5.41) is 0. The zero-order chi connectivity index (χ0) is 16.3. The molecule has 1 aromatic heterocycles. The van der Waals surface area contributed by atoms with E-state index in [9.17, 15) is 13.7 Å². The van der Waals surface area contributed by atoms with E-state index in [1.54, 1.807) is 20.8 Å². The lowest BCUT2D eigenvalue weighted by Gasteiger charge is -2.34. The Hall–Kier alpha value is -0.760. The zero-order valence-electron chi connectivity index (χ0n) is 12.2. The lowest BCUT2D eigenvalue weighted by Crippen LogP contribution is -2.51. The number of carbonyl (C=O) groups is 1. The van der Waals surface area contributed by atoms with Crippen LogP contribution in [0.3, 0.4) is 0 Å². The zero-order valence-corrected chi connectivity index (χ0v) is 14.6. The van der Waals surface area contributed by atoms with Gasteiger partial charge in [-0.25, -0.2) is 4.98 Å². The summed E-state index contributed by atoms with van der Waals surface area (Å²) >= 11 is 1.71. The van der Waals surface area contributed by atoms with E-state index < -0.39 is 27.6 Å². The summed E-state index contributed by atoms with van der Waals surface area (Å²) in [4.78, 5) is 14.7. The number of pyridine rings is 1. The fourth-order valence-electron chi connectivity index (χ4n) is 1.63. The maximum absolute atomic E-state index is 14.1. The maximum Gasteiger partial charge on any atom is 0.218 e. The number of hydrogen-bond acceptors (Lipinski definition) is 4. The third-order valence-electron chi connectivity index (χ3n) is 2.87. The maximum atomic E-state index is 14.1. The summed E-state index contributed by atoms with van der Waals surface area (Å²) in [6, 6.07) is 1.50. The standard InChI is InChI=1S/C14H18BrFN2O2S/c1-5-14(6-7-19,18-21(20)13(2,3)4)11-8-10(15)9-17-12(11)16/h5,7-9,18H,1,6H2,2-4H3/t14-,21?/m0/s1. The third-order valence-corrected chi connectivity index (χ3v) is 4.97. The van der Waals surface area contributed by atoms with Crippen LogP contribution >= 0.6 is 15.9 Å². The molecule has 0 aromatic carbocycles. The Morgan fingerprint density at radius 1 is 1.57 bits per heavy atom. The number of nitrogens with zero attached hydrogens (tertiary/aromatic N) is 1. The first kappa shape index (κ1) is 18.3. The van der Waals surface area contributed by atoms with E-state index in [0.29, 0.717) is 10.8 Å². The highest BCUT2D eigenvalue weighted by Gasteiger charge is 2.40. The van der Waals surface area contributed by atoms with Crippen molar-refractivity contribution in [3.05, 3.63) is 40.9 Å². The highest BCUT2D eigenvalue weighted by atomic mass is 79.9. The van der Waals surface area contributed by atoms with E-state index in [1.165, 1.54) is 18.3 Å². The van der Waals surface area contributed by atoms with Gasteiger partial charge in [0.1, 0.15) is 16.6 Å². The number of carbonyl (C=O) groups excluding carboxylic acids is 1. The van der Waals surface area contributed by atoms with Crippen LogP contribution in [0.5, 0.6) is 0 Å². The van der Waals surface area contributed by atoms with Gasteiger partial charge >= 0.3 is 0 Å². The van der Waals surface area contributed by atoms with Crippen molar-refractivity contribution < 1.29 is 13.7 Å². The molecule has 0 saturated heterocycles. The van der Waals surface area contributed by atoms with Crippen molar-refractivity contribution in [2.75, 3.05) is 0 Å². The van der Waals surface area contributed by atoms with Crippen molar-refractivity contribution in [3.63, 3.8) is 0 Å². The summed E-state index contributed by atoms with van der Waals surface area (Å²) in [5.74, 6) is -0.738. The molecule has 2 atom stereocenters. The van der Waals surface area contributed by atoms with Gasteiger partial charge < -0.3 is 9.35 Å². The minimum Gasteiger partial charge on any atom is -0.598 e. The van der Waals surface area contributed by atoms with E-state index in [-0.39, 0.29) is 12.0 Å². The summed E-state index contributed by atoms with van der Waals surface area (Å²) < 4.78 is 29.3. The Morgan fingerprint density at radius 2 is 2.19 bits per heavy atom. The molecule has 1 aromatic rings. The van der Waals surface area contributed by atoms with Gasteiger partial charge in [-0.15, -0.1) is 11.3 Å². The second-order valence-electron chi connectivity index (χ2n) is 5.52. The highest BCUT2D eigenvalue weighted by Crippen LogP contribution is 2.32. The van der Waals surface area contributed by atoms with Crippen LogP contribution in [0.25, 0.3) is 0 Å². The van der Waals surface area contributed by atoms with Gasteiger partial charge in [-0.2, -0.15) is 4.39 Å². The molecule has 0 radical (unpaired) electrons. The number of rotatable bonds is 6. The largest absolute Gasteiger partial charge is 0.598 e. The quantitative estimate of drug-likeness (QED) is 0.358. The molecule has 0 spiro atoms. The molecule has 1 heterocycles. The van der Waals surface area contributed by atoms with Crippen LogP contribution in [0.1, 0.15) is 32.8 Å². The smallest absolute Gasteiger partial charge is 0.218 e. The number of halogens is 2. The van der Waals surface area contributed by atoms with Crippen molar-refractivity contribution in [3.8, 4) is 0 Å². The van der Waals surface area contributed by atoms with E-state index in [0.717, 1.165) is 0 Å². The monoisotopic (exact) mass is 376 g/mol. The Morgan fingerprint density at radius 3 is 2.67 bits per heavy atom. The Labute approximate surface area is 135 Å². The van der Waals surface area contributed by atoms with Gasteiger partial charge in [-0.1, -0.05) is 6.08 Å². The average Bonchev–Trinajstić information content (AvgIpc) is 2.39. The lowest BCUT2D eigenvalue weighted by molar-refractivity contribution is -0.108. The Bertz CT molecular complexity index is 536. The average molecular weight is 377 g/mol. The molecule has 0 saturated carbocycles. The fourth-order valence-corrected chi connectivity index (χ4v) is 2.87. The van der Waals surface area contributed by atoms with Crippen LogP contribution in [0.2, 0.25) is 0 Å². The molecule has 1 rings (SSSR count).